The van der Waals surface area contributed by atoms with Crippen molar-refractivity contribution in [3.63, 3.8) is 0 Å². The van der Waals surface area contributed by atoms with E-state index in [9.17, 15) is 0 Å². The van der Waals surface area contributed by atoms with Crippen LogP contribution in [0.5, 0.6) is 0 Å². The lowest BCUT2D eigenvalue weighted by Gasteiger charge is -2.30. The number of hydrogen-bond donors (Lipinski definition) is 0. The molecule has 6 heteroatoms. The van der Waals surface area contributed by atoms with Crippen molar-refractivity contribution in [1.82, 2.24) is 14.9 Å². The minimum absolute atomic E-state index is 0.373. The number of rotatable bonds is 4. The average molecular weight is 331 g/mol. The van der Waals surface area contributed by atoms with Crippen molar-refractivity contribution in [2.75, 3.05) is 63.2 Å². The monoisotopic (exact) mass is 331 g/mol. The number of likely N-dealkylation sites (tertiary alicyclic amines) is 1. The minimum Gasteiger partial charge on any atom is -0.376 e. The third-order valence-electron chi connectivity index (χ3n) is 5.80. The van der Waals surface area contributed by atoms with E-state index in [0.717, 1.165) is 31.3 Å². The van der Waals surface area contributed by atoms with Crippen LogP contribution in [0, 0.1) is 11.8 Å². The fourth-order valence-corrected chi connectivity index (χ4v) is 4.40. The molecule has 0 unspecified atom stereocenters. The molecule has 0 spiro atoms. The summed E-state index contributed by atoms with van der Waals surface area (Å²) in [5, 5.41) is 0. The van der Waals surface area contributed by atoms with Crippen molar-refractivity contribution in [3.8, 4) is 0 Å². The number of ether oxygens (including phenoxy) is 1. The van der Waals surface area contributed by atoms with Gasteiger partial charge in [0, 0.05) is 51.6 Å². The van der Waals surface area contributed by atoms with Gasteiger partial charge in [0.05, 0.1) is 12.7 Å². The van der Waals surface area contributed by atoms with Crippen LogP contribution in [0.2, 0.25) is 0 Å². The molecule has 1 aromatic rings. The molecule has 0 bridgehead atoms. The molecule has 4 rings (SSSR count). The van der Waals surface area contributed by atoms with Gasteiger partial charge in [-0.25, -0.2) is 9.97 Å². The van der Waals surface area contributed by atoms with Crippen LogP contribution in [0.15, 0.2) is 12.4 Å². The Morgan fingerprint density at radius 1 is 1.17 bits per heavy atom. The van der Waals surface area contributed by atoms with E-state index in [1.165, 1.54) is 38.9 Å². The Bertz CT molecular complexity index is 560. The zero-order chi connectivity index (χ0) is 16.5. The van der Waals surface area contributed by atoms with Crippen LogP contribution < -0.4 is 9.80 Å². The first-order valence-corrected chi connectivity index (χ1v) is 9.29. The summed E-state index contributed by atoms with van der Waals surface area (Å²) >= 11 is 0. The van der Waals surface area contributed by atoms with E-state index < -0.39 is 0 Å². The molecule has 24 heavy (non-hydrogen) atoms. The third kappa shape index (κ3) is 3.22. The first kappa shape index (κ1) is 16.1. The molecule has 0 radical (unpaired) electrons. The summed E-state index contributed by atoms with van der Waals surface area (Å²) in [6.07, 6.45) is 6.17. The van der Waals surface area contributed by atoms with E-state index in [1.54, 1.807) is 6.33 Å². The summed E-state index contributed by atoms with van der Waals surface area (Å²) in [6, 6.07) is 2.08. The van der Waals surface area contributed by atoms with Gasteiger partial charge in [-0.3, -0.25) is 0 Å². The molecule has 4 heterocycles. The van der Waals surface area contributed by atoms with Crippen LogP contribution in [0.25, 0.3) is 0 Å². The van der Waals surface area contributed by atoms with Gasteiger partial charge in [0.25, 0.3) is 0 Å². The lowest BCUT2D eigenvalue weighted by molar-refractivity contribution is 0.107. The van der Waals surface area contributed by atoms with E-state index in [0.29, 0.717) is 17.9 Å². The number of aromatic nitrogens is 2. The Kier molecular flexibility index (Phi) is 4.59. The Morgan fingerprint density at radius 3 is 2.79 bits per heavy atom. The fraction of sp³-hybridized carbons (Fsp3) is 0.778. The molecular formula is C18H29N5O. The SMILES string of the molecule is CN(C)c1cc(N2C[C@H]3[C@@H](CN4CCCCC4)CO[C@H]3C2)ncn1. The molecule has 0 saturated carbocycles. The highest BCUT2D eigenvalue weighted by Crippen LogP contribution is 2.36. The average Bonchev–Trinajstić information content (AvgIpc) is 3.18. The number of piperidine rings is 1. The van der Waals surface area contributed by atoms with E-state index >= 15 is 0 Å². The van der Waals surface area contributed by atoms with Crippen LogP contribution in [0.3, 0.4) is 0 Å². The Hall–Kier alpha value is -1.40. The molecule has 3 saturated heterocycles. The lowest BCUT2D eigenvalue weighted by atomic mass is 9.92. The standard InChI is InChI=1S/C18H29N5O/c1-21(2)17-8-18(20-13-19-17)23-10-15-14(12-24-16(15)11-23)9-22-6-4-3-5-7-22/h8,13-16H,3-7,9-12H2,1-2H3/t14-,15-,16-/m0/s1. The molecule has 0 aromatic carbocycles. The first-order chi connectivity index (χ1) is 11.7. The van der Waals surface area contributed by atoms with E-state index in [2.05, 4.69) is 25.8 Å². The smallest absolute Gasteiger partial charge is 0.134 e. The van der Waals surface area contributed by atoms with Gasteiger partial charge in [0.2, 0.25) is 0 Å². The van der Waals surface area contributed by atoms with Gasteiger partial charge in [0.1, 0.15) is 18.0 Å². The van der Waals surface area contributed by atoms with Gasteiger partial charge in [-0.05, 0) is 25.9 Å². The molecule has 3 fully saturated rings. The van der Waals surface area contributed by atoms with Gasteiger partial charge >= 0.3 is 0 Å². The molecule has 3 aliphatic heterocycles. The second-order valence-corrected chi connectivity index (χ2v) is 7.69. The molecular weight excluding hydrogens is 302 g/mol. The van der Waals surface area contributed by atoms with Crippen molar-refractivity contribution in [3.05, 3.63) is 12.4 Å². The summed E-state index contributed by atoms with van der Waals surface area (Å²) in [5.41, 5.74) is 0. The highest BCUT2D eigenvalue weighted by atomic mass is 16.5. The second kappa shape index (κ2) is 6.84. The molecule has 132 valence electrons. The van der Waals surface area contributed by atoms with Crippen LogP contribution in [0.1, 0.15) is 19.3 Å². The van der Waals surface area contributed by atoms with Crippen LogP contribution >= 0.6 is 0 Å². The molecule has 3 atom stereocenters. The lowest BCUT2D eigenvalue weighted by Crippen LogP contribution is -2.37. The molecule has 3 aliphatic rings. The summed E-state index contributed by atoms with van der Waals surface area (Å²) in [4.78, 5) is 15.9. The quantitative estimate of drug-likeness (QED) is 0.833. The largest absolute Gasteiger partial charge is 0.376 e. The number of hydrogen-bond acceptors (Lipinski definition) is 6. The predicted molar refractivity (Wildman–Crippen MR) is 95.6 cm³/mol. The molecule has 6 nitrogen and oxygen atoms in total. The van der Waals surface area contributed by atoms with Gasteiger partial charge < -0.3 is 19.4 Å². The fourth-order valence-electron chi connectivity index (χ4n) is 4.40. The topological polar surface area (TPSA) is 44.7 Å². The number of nitrogens with zero attached hydrogens (tertiary/aromatic N) is 5. The summed E-state index contributed by atoms with van der Waals surface area (Å²) in [5.74, 6) is 3.31. The molecule has 0 aliphatic carbocycles. The maximum Gasteiger partial charge on any atom is 0.134 e. The Labute approximate surface area is 144 Å². The van der Waals surface area contributed by atoms with Crippen LogP contribution in [0.4, 0.5) is 11.6 Å². The van der Waals surface area contributed by atoms with E-state index in [-0.39, 0.29) is 0 Å². The summed E-state index contributed by atoms with van der Waals surface area (Å²) in [7, 11) is 4.03. The van der Waals surface area contributed by atoms with Gasteiger partial charge in [0.15, 0.2) is 0 Å². The van der Waals surface area contributed by atoms with E-state index in [1.807, 2.05) is 19.0 Å². The zero-order valence-corrected chi connectivity index (χ0v) is 14.9. The van der Waals surface area contributed by atoms with Crippen molar-refractivity contribution >= 4 is 11.6 Å². The van der Waals surface area contributed by atoms with Gasteiger partial charge in [-0.2, -0.15) is 0 Å². The van der Waals surface area contributed by atoms with Gasteiger partial charge in [-0.15, -0.1) is 0 Å². The second-order valence-electron chi connectivity index (χ2n) is 7.69. The summed E-state index contributed by atoms with van der Waals surface area (Å²) in [6.45, 7) is 6.72. The zero-order valence-electron chi connectivity index (χ0n) is 14.9. The minimum atomic E-state index is 0.373. The summed E-state index contributed by atoms with van der Waals surface area (Å²) < 4.78 is 6.14. The van der Waals surface area contributed by atoms with Crippen LogP contribution in [-0.4, -0.2) is 74.4 Å². The first-order valence-electron chi connectivity index (χ1n) is 9.29. The Balaban J connectivity index is 1.41. The predicted octanol–water partition coefficient (Wildman–Crippen LogP) is 1.48. The van der Waals surface area contributed by atoms with Gasteiger partial charge in [-0.1, -0.05) is 6.42 Å². The van der Waals surface area contributed by atoms with Crippen molar-refractivity contribution in [1.29, 1.82) is 0 Å². The maximum absolute atomic E-state index is 6.14. The van der Waals surface area contributed by atoms with Crippen molar-refractivity contribution in [2.24, 2.45) is 11.8 Å². The number of anilines is 2. The van der Waals surface area contributed by atoms with E-state index in [4.69, 9.17) is 4.74 Å². The van der Waals surface area contributed by atoms with Crippen molar-refractivity contribution < 1.29 is 4.74 Å². The normalized spacial score (nSPS) is 30.6. The van der Waals surface area contributed by atoms with Crippen molar-refractivity contribution in [2.45, 2.75) is 25.4 Å². The third-order valence-corrected chi connectivity index (χ3v) is 5.80. The maximum atomic E-state index is 6.14. The highest BCUT2D eigenvalue weighted by molar-refractivity contribution is 5.50. The molecule has 0 amide bonds. The Morgan fingerprint density at radius 2 is 2.00 bits per heavy atom. The highest BCUT2D eigenvalue weighted by Gasteiger charge is 2.44. The number of fused-ring (bicyclic) bond motifs is 1. The van der Waals surface area contributed by atoms with Crippen LogP contribution in [-0.2, 0) is 4.74 Å². The molecule has 1 aromatic heterocycles. The molecule has 0 N–H and O–H groups in total.